The number of rotatable bonds is 3. The molecule has 0 aliphatic carbocycles. The van der Waals surface area contributed by atoms with Crippen LogP contribution in [-0.2, 0) is 0 Å². The van der Waals surface area contributed by atoms with Gasteiger partial charge >= 0.3 is 0 Å². The van der Waals surface area contributed by atoms with Crippen molar-refractivity contribution in [2.75, 3.05) is 19.0 Å². The average molecular weight is 326 g/mol. The minimum atomic E-state index is -0.407. The van der Waals surface area contributed by atoms with Crippen LogP contribution in [0.3, 0.4) is 0 Å². The number of allylic oxidation sites excluding steroid dienone is 1. The number of ketones is 1. The first-order valence-electron chi connectivity index (χ1n) is 6.96. The molecule has 1 aliphatic rings. The van der Waals surface area contributed by atoms with Crippen molar-refractivity contribution < 1.29 is 9.72 Å². The van der Waals surface area contributed by atoms with Crippen LogP contribution in [0.25, 0.3) is 6.08 Å². The summed E-state index contributed by atoms with van der Waals surface area (Å²) in [6, 6.07) is 12.4. The Kier molecular flexibility index (Phi) is 3.92. The molecule has 0 radical (unpaired) electrons. The lowest BCUT2D eigenvalue weighted by molar-refractivity contribution is -0.384. The van der Waals surface area contributed by atoms with Crippen molar-refractivity contribution in [3.8, 4) is 0 Å². The van der Waals surface area contributed by atoms with Crippen LogP contribution in [-0.4, -0.2) is 24.8 Å². The van der Waals surface area contributed by atoms with Gasteiger partial charge in [0.05, 0.1) is 9.83 Å². The zero-order valence-corrected chi connectivity index (χ0v) is 13.5. The van der Waals surface area contributed by atoms with Crippen LogP contribution in [0.5, 0.6) is 0 Å². The number of thioether (sulfide) groups is 1. The van der Waals surface area contributed by atoms with Crippen molar-refractivity contribution in [1.82, 2.24) is 0 Å². The summed E-state index contributed by atoms with van der Waals surface area (Å²) in [4.78, 5) is 26.4. The van der Waals surface area contributed by atoms with E-state index in [4.69, 9.17) is 0 Å². The van der Waals surface area contributed by atoms with Gasteiger partial charge in [-0.2, -0.15) is 0 Å². The highest BCUT2D eigenvalue weighted by Crippen LogP contribution is 2.41. The first kappa shape index (κ1) is 15.3. The molecule has 1 aliphatic heterocycles. The fourth-order valence-electron chi connectivity index (χ4n) is 2.44. The lowest BCUT2D eigenvalue weighted by Crippen LogP contribution is -2.11. The van der Waals surface area contributed by atoms with Crippen LogP contribution in [0.2, 0.25) is 0 Å². The summed E-state index contributed by atoms with van der Waals surface area (Å²) in [7, 11) is 3.51. The highest BCUT2D eigenvalue weighted by molar-refractivity contribution is 8.04. The number of nitro groups is 1. The monoisotopic (exact) mass is 326 g/mol. The van der Waals surface area contributed by atoms with E-state index in [2.05, 4.69) is 0 Å². The summed E-state index contributed by atoms with van der Waals surface area (Å²) in [5.74, 6) is -0.0371. The molecule has 1 heterocycles. The Labute approximate surface area is 137 Å². The van der Waals surface area contributed by atoms with E-state index in [-0.39, 0.29) is 11.5 Å². The maximum atomic E-state index is 12.4. The molecule has 116 valence electrons. The summed E-state index contributed by atoms with van der Waals surface area (Å²) >= 11 is 1.40. The number of carbonyl (C=O) groups excluding carboxylic acids is 1. The average Bonchev–Trinajstić information content (AvgIpc) is 2.83. The number of nitrogens with zero attached hydrogens (tertiary/aromatic N) is 2. The van der Waals surface area contributed by atoms with Crippen molar-refractivity contribution in [3.05, 3.63) is 68.6 Å². The normalized spacial score (nSPS) is 14.9. The van der Waals surface area contributed by atoms with Gasteiger partial charge in [-0.25, -0.2) is 0 Å². The predicted molar refractivity (Wildman–Crippen MR) is 92.0 cm³/mol. The lowest BCUT2D eigenvalue weighted by Gasteiger charge is -2.12. The summed E-state index contributed by atoms with van der Waals surface area (Å²) in [5, 5.41) is 11.2. The highest BCUT2D eigenvalue weighted by Gasteiger charge is 2.25. The van der Waals surface area contributed by atoms with Crippen molar-refractivity contribution in [2.24, 2.45) is 0 Å². The van der Waals surface area contributed by atoms with Gasteiger partial charge in [-0.15, -0.1) is 0 Å². The van der Waals surface area contributed by atoms with Crippen LogP contribution < -0.4 is 4.90 Å². The molecule has 23 heavy (non-hydrogen) atoms. The second-order valence-corrected chi connectivity index (χ2v) is 6.42. The van der Waals surface area contributed by atoms with Crippen LogP contribution in [0.4, 0.5) is 11.4 Å². The standard InChI is InChI=1S/C17H14N2O3S/c1-18(2)13-8-7-11(9-14(13)19(21)22)10-16-17(20)12-5-3-4-6-15(12)23-16/h3-10H,1-2H3. The van der Waals surface area contributed by atoms with E-state index in [9.17, 15) is 14.9 Å². The van der Waals surface area contributed by atoms with Crippen molar-refractivity contribution >= 4 is 35.0 Å². The second kappa shape index (κ2) is 5.89. The number of benzene rings is 2. The smallest absolute Gasteiger partial charge is 0.293 e. The SMILES string of the molecule is CN(C)c1ccc(C=C2Sc3ccccc3C2=O)cc1[N+](=O)[O-]. The van der Waals surface area contributed by atoms with Gasteiger partial charge < -0.3 is 4.90 Å². The molecule has 2 aromatic rings. The van der Waals surface area contributed by atoms with Gasteiger partial charge in [0.2, 0.25) is 5.78 Å². The molecule has 0 spiro atoms. The Morgan fingerprint density at radius 2 is 1.91 bits per heavy atom. The molecule has 0 N–H and O–H groups in total. The highest BCUT2D eigenvalue weighted by atomic mass is 32.2. The number of hydrogen-bond donors (Lipinski definition) is 0. The third kappa shape index (κ3) is 2.85. The number of hydrogen-bond acceptors (Lipinski definition) is 5. The molecule has 5 nitrogen and oxygen atoms in total. The maximum Gasteiger partial charge on any atom is 0.293 e. The Balaban J connectivity index is 2.00. The van der Waals surface area contributed by atoms with E-state index in [1.807, 2.05) is 18.2 Å². The molecule has 0 aromatic heterocycles. The van der Waals surface area contributed by atoms with Crippen molar-refractivity contribution in [3.63, 3.8) is 0 Å². The zero-order valence-electron chi connectivity index (χ0n) is 12.6. The third-order valence-corrected chi connectivity index (χ3v) is 4.65. The molecule has 0 atom stereocenters. The lowest BCUT2D eigenvalue weighted by atomic mass is 10.1. The van der Waals surface area contributed by atoms with Gasteiger partial charge in [-0.05, 0) is 29.8 Å². The van der Waals surface area contributed by atoms with E-state index in [0.717, 1.165) is 4.90 Å². The molecular formula is C17H14N2O3S. The van der Waals surface area contributed by atoms with Gasteiger partial charge in [-0.1, -0.05) is 30.0 Å². The number of fused-ring (bicyclic) bond motifs is 1. The fraction of sp³-hybridized carbons (Fsp3) is 0.118. The molecular weight excluding hydrogens is 312 g/mol. The first-order valence-corrected chi connectivity index (χ1v) is 7.78. The van der Waals surface area contributed by atoms with E-state index >= 15 is 0 Å². The van der Waals surface area contributed by atoms with Gasteiger partial charge in [0.1, 0.15) is 5.69 Å². The number of Topliss-reactive ketones (excluding diaryl/α,β-unsaturated/α-hetero) is 1. The largest absolute Gasteiger partial charge is 0.372 e. The zero-order chi connectivity index (χ0) is 16.6. The minimum absolute atomic E-state index is 0.0253. The fourth-order valence-corrected chi connectivity index (χ4v) is 3.49. The topological polar surface area (TPSA) is 63.5 Å². The van der Waals surface area contributed by atoms with Crippen LogP contribution in [0.1, 0.15) is 15.9 Å². The molecule has 0 unspecified atom stereocenters. The third-order valence-electron chi connectivity index (χ3n) is 3.55. The van der Waals surface area contributed by atoms with E-state index in [1.165, 1.54) is 17.8 Å². The Hall–Kier alpha value is -2.60. The summed E-state index contributed by atoms with van der Waals surface area (Å²) in [6.45, 7) is 0. The molecule has 0 amide bonds. The Morgan fingerprint density at radius 1 is 1.17 bits per heavy atom. The minimum Gasteiger partial charge on any atom is -0.372 e. The molecule has 0 fully saturated rings. The number of anilines is 1. The number of nitro benzene ring substituents is 1. The van der Waals surface area contributed by atoms with Gasteiger partial charge in [0.15, 0.2) is 0 Å². The van der Waals surface area contributed by atoms with Crippen LogP contribution in [0, 0.1) is 10.1 Å². The quantitative estimate of drug-likeness (QED) is 0.485. The second-order valence-electron chi connectivity index (χ2n) is 5.34. The molecule has 2 aromatic carbocycles. The van der Waals surface area contributed by atoms with Crippen LogP contribution >= 0.6 is 11.8 Å². The molecule has 0 bridgehead atoms. The molecule has 6 heteroatoms. The first-order chi connectivity index (χ1) is 11.0. The predicted octanol–water partition coefficient (Wildman–Crippen LogP) is 3.99. The van der Waals surface area contributed by atoms with E-state index in [1.54, 1.807) is 43.3 Å². The molecule has 0 saturated carbocycles. The summed E-state index contributed by atoms with van der Waals surface area (Å²) in [6.07, 6.45) is 1.71. The van der Waals surface area contributed by atoms with Gasteiger partial charge in [0, 0.05) is 30.6 Å². The molecule has 3 rings (SSSR count). The number of carbonyl (C=O) groups is 1. The van der Waals surface area contributed by atoms with E-state index in [0.29, 0.717) is 21.7 Å². The maximum absolute atomic E-state index is 12.4. The summed E-state index contributed by atoms with van der Waals surface area (Å²) in [5.41, 5.74) is 1.89. The van der Waals surface area contributed by atoms with E-state index < -0.39 is 4.92 Å². The molecule has 0 saturated heterocycles. The van der Waals surface area contributed by atoms with Gasteiger partial charge in [0.25, 0.3) is 5.69 Å². The summed E-state index contributed by atoms with van der Waals surface area (Å²) < 4.78 is 0. The van der Waals surface area contributed by atoms with Crippen molar-refractivity contribution in [2.45, 2.75) is 4.90 Å². The Morgan fingerprint density at radius 3 is 2.57 bits per heavy atom. The van der Waals surface area contributed by atoms with Crippen molar-refractivity contribution in [1.29, 1.82) is 0 Å². The van der Waals surface area contributed by atoms with Gasteiger partial charge in [-0.3, -0.25) is 14.9 Å². The van der Waals surface area contributed by atoms with Crippen LogP contribution in [0.15, 0.2) is 52.3 Å². The Bertz CT molecular complexity index is 843.